The van der Waals surface area contributed by atoms with E-state index in [2.05, 4.69) is 16.0 Å². The number of aryl methyl sites for hydroxylation is 1. The maximum Gasteiger partial charge on any atom is 0.228 e. The van der Waals surface area contributed by atoms with Crippen LogP contribution in [0.1, 0.15) is 32.3 Å². The van der Waals surface area contributed by atoms with Crippen LogP contribution in [0, 0.1) is 18.8 Å². The van der Waals surface area contributed by atoms with Crippen LogP contribution in [0.5, 0.6) is 0 Å². The Hall–Kier alpha value is -1.95. The Balaban J connectivity index is 2.00. The van der Waals surface area contributed by atoms with Crippen molar-refractivity contribution in [3.63, 3.8) is 0 Å². The second kappa shape index (κ2) is 6.87. The highest BCUT2D eigenvalue weighted by Crippen LogP contribution is 2.31. The van der Waals surface area contributed by atoms with Crippen molar-refractivity contribution < 1.29 is 9.59 Å². The van der Waals surface area contributed by atoms with Gasteiger partial charge in [-0.25, -0.2) is 0 Å². The Bertz CT molecular complexity index is 609. The standard InChI is InChI=1S/C16H21N3O2S/c1-9(2)14(20)19-16(22)17-12-7-4-10(3)13(8-12)18-15(21)11-5-6-11/h4,7-9,11H,5-6H2,1-3H3,(H,18,21)(H2,17,19,20,22). The summed E-state index contributed by atoms with van der Waals surface area (Å²) in [6.07, 6.45) is 1.93. The molecule has 0 atom stereocenters. The van der Waals surface area contributed by atoms with Crippen molar-refractivity contribution in [2.75, 3.05) is 10.6 Å². The second-order valence-corrected chi connectivity index (χ2v) is 6.30. The lowest BCUT2D eigenvalue weighted by atomic mass is 10.1. The molecule has 6 heteroatoms. The van der Waals surface area contributed by atoms with E-state index in [1.807, 2.05) is 25.1 Å². The van der Waals surface area contributed by atoms with Crippen molar-refractivity contribution in [1.82, 2.24) is 5.32 Å². The van der Waals surface area contributed by atoms with Crippen molar-refractivity contribution in [1.29, 1.82) is 0 Å². The number of carbonyl (C=O) groups excluding carboxylic acids is 2. The van der Waals surface area contributed by atoms with Crippen LogP contribution in [-0.4, -0.2) is 16.9 Å². The number of carbonyl (C=O) groups is 2. The fraction of sp³-hybridized carbons (Fsp3) is 0.438. The van der Waals surface area contributed by atoms with E-state index >= 15 is 0 Å². The average Bonchev–Trinajstić information content (AvgIpc) is 3.26. The highest BCUT2D eigenvalue weighted by atomic mass is 32.1. The molecule has 0 spiro atoms. The van der Waals surface area contributed by atoms with Gasteiger partial charge in [0.2, 0.25) is 11.8 Å². The molecule has 1 aromatic carbocycles. The zero-order valence-electron chi connectivity index (χ0n) is 13.0. The van der Waals surface area contributed by atoms with Crippen LogP contribution in [0.3, 0.4) is 0 Å². The normalized spacial score (nSPS) is 13.6. The summed E-state index contributed by atoms with van der Waals surface area (Å²) in [5.74, 6) is -0.0450. The fourth-order valence-corrected chi connectivity index (χ4v) is 2.05. The molecule has 3 N–H and O–H groups in total. The van der Waals surface area contributed by atoms with Gasteiger partial charge in [-0.15, -0.1) is 0 Å². The first kappa shape index (κ1) is 16.4. The Morgan fingerprint density at radius 3 is 2.50 bits per heavy atom. The minimum atomic E-state index is -0.133. The molecule has 22 heavy (non-hydrogen) atoms. The summed E-state index contributed by atoms with van der Waals surface area (Å²) in [5, 5.41) is 8.77. The summed E-state index contributed by atoms with van der Waals surface area (Å²) >= 11 is 5.12. The largest absolute Gasteiger partial charge is 0.332 e. The quantitative estimate of drug-likeness (QED) is 0.746. The molecule has 1 fully saturated rings. The van der Waals surface area contributed by atoms with Crippen LogP contribution in [0.25, 0.3) is 0 Å². The van der Waals surface area contributed by atoms with Gasteiger partial charge >= 0.3 is 0 Å². The van der Waals surface area contributed by atoms with E-state index in [0.717, 1.165) is 29.8 Å². The van der Waals surface area contributed by atoms with Crippen LogP contribution < -0.4 is 16.0 Å². The topological polar surface area (TPSA) is 70.2 Å². The Labute approximate surface area is 135 Å². The van der Waals surface area contributed by atoms with E-state index in [4.69, 9.17) is 12.2 Å². The number of hydrogen-bond donors (Lipinski definition) is 3. The maximum atomic E-state index is 11.9. The zero-order chi connectivity index (χ0) is 16.3. The second-order valence-electron chi connectivity index (χ2n) is 5.89. The molecular formula is C16H21N3O2S. The first-order chi connectivity index (χ1) is 10.4. The molecular weight excluding hydrogens is 298 g/mol. The van der Waals surface area contributed by atoms with Crippen molar-refractivity contribution >= 4 is 40.5 Å². The molecule has 2 rings (SSSR count). The lowest BCUT2D eigenvalue weighted by Crippen LogP contribution is -2.36. The maximum absolute atomic E-state index is 11.9. The third-order valence-electron chi connectivity index (χ3n) is 3.46. The Kier molecular flexibility index (Phi) is 5.13. The zero-order valence-corrected chi connectivity index (χ0v) is 13.8. The third kappa shape index (κ3) is 4.53. The fourth-order valence-electron chi connectivity index (χ4n) is 1.83. The first-order valence-electron chi connectivity index (χ1n) is 7.40. The third-order valence-corrected chi connectivity index (χ3v) is 3.67. The monoisotopic (exact) mass is 319 g/mol. The average molecular weight is 319 g/mol. The SMILES string of the molecule is Cc1ccc(NC(=S)NC(=O)C(C)C)cc1NC(=O)C1CC1. The van der Waals surface area contributed by atoms with Gasteiger partial charge in [-0.1, -0.05) is 19.9 Å². The molecule has 0 aliphatic heterocycles. The van der Waals surface area contributed by atoms with Crippen molar-refractivity contribution in [3.8, 4) is 0 Å². The lowest BCUT2D eigenvalue weighted by Gasteiger charge is -2.14. The van der Waals surface area contributed by atoms with Crippen LogP contribution in [0.15, 0.2) is 18.2 Å². The van der Waals surface area contributed by atoms with Gasteiger partial charge in [-0.3, -0.25) is 9.59 Å². The molecule has 0 aromatic heterocycles. The van der Waals surface area contributed by atoms with Gasteiger partial charge in [0, 0.05) is 23.2 Å². The Morgan fingerprint density at radius 2 is 1.91 bits per heavy atom. The van der Waals surface area contributed by atoms with E-state index in [1.165, 1.54) is 0 Å². The van der Waals surface area contributed by atoms with Crippen molar-refractivity contribution in [2.24, 2.45) is 11.8 Å². The minimum absolute atomic E-state index is 0.0657. The van der Waals surface area contributed by atoms with E-state index in [-0.39, 0.29) is 28.8 Å². The minimum Gasteiger partial charge on any atom is -0.332 e. The van der Waals surface area contributed by atoms with E-state index < -0.39 is 0 Å². The number of anilines is 2. The molecule has 1 saturated carbocycles. The summed E-state index contributed by atoms with van der Waals surface area (Å²) in [5.41, 5.74) is 2.47. The van der Waals surface area contributed by atoms with Gasteiger partial charge in [0.15, 0.2) is 5.11 Å². The van der Waals surface area contributed by atoms with Gasteiger partial charge in [0.05, 0.1) is 0 Å². The van der Waals surface area contributed by atoms with Gasteiger partial charge in [0.25, 0.3) is 0 Å². The van der Waals surface area contributed by atoms with Gasteiger partial charge in [-0.05, 0) is 49.7 Å². The highest BCUT2D eigenvalue weighted by Gasteiger charge is 2.29. The summed E-state index contributed by atoms with van der Waals surface area (Å²) in [6.45, 7) is 5.54. The van der Waals surface area contributed by atoms with Crippen LogP contribution in [-0.2, 0) is 9.59 Å². The van der Waals surface area contributed by atoms with E-state index in [9.17, 15) is 9.59 Å². The van der Waals surface area contributed by atoms with Crippen molar-refractivity contribution in [2.45, 2.75) is 33.6 Å². The van der Waals surface area contributed by atoms with Crippen molar-refractivity contribution in [3.05, 3.63) is 23.8 Å². The highest BCUT2D eigenvalue weighted by molar-refractivity contribution is 7.80. The number of thiocarbonyl (C=S) groups is 1. The molecule has 0 radical (unpaired) electrons. The number of amides is 2. The van der Waals surface area contributed by atoms with Gasteiger partial charge in [-0.2, -0.15) is 0 Å². The van der Waals surface area contributed by atoms with E-state index in [1.54, 1.807) is 13.8 Å². The molecule has 0 bridgehead atoms. The first-order valence-corrected chi connectivity index (χ1v) is 7.81. The molecule has 1 aromatic rings. The number of rotatable bonds is 4. The van der Waals surface area contributed by atoms with Gasteiger partial charge < -0.3 is 16.0 Å². The molecule has 0 unspecified atom stereocenters. The smallest absolute Gasteiger partial charge is 0.228 e. The molecule has 1 aliphatic rings. The summed E-state index contributed by atoms with van der Waals surface area (Å²) < 4.78 is 0. The van der Waals surface area contributed by atoms with Crippen LogP contribution in [0.2, 0.25) is 0 Å². The Morgan fingerprint density at radius 1 is 1.23 bits per heavy atom. The number of benzene rings is 1. The summed E-state index contributed by atoms with van der Waals surface area (Å²) in [4.78, 5) is 23.5. The predicted octanol–water partition coefficient (Wildman–Crippen LogP) is 2.81. The predicted molar refractivity (Wildman–Crippen MR) is 91.7 cm³/mol. The molecule has 118 valence electrons. The number of nitrogens with one attached hydrogen (secondary N) is 3. The van der Waals surface area contributed by atoms with Crippen LogP contribution >= 0.6 is 12.2 Å². The lowest BCUT2D eigenvalue weighted by molar-refractivity contribution is -0.122. The molecule has 1 aliphatic carbocycles. The number of hydrogen-bond acceptors (Lipinski definition) is 3. The van der Waals surface area contributed by atoms with Crippen LogP contribution in [0.4, 0.5) is 11.4 Å². The summed E-state index contributed by atoms with van der Waals surface area (Å²) in [6, 6.07) is 5.58. The molecule has 2 amide bonds. The molecule has 0 heterocycles. The molecule has 5 nitrogen and oxygen atoms in total. The molecule has 0 saturated heterocycles. The van der Waals surface area contributed by atoms with Gasteiger partial charge in [0.1, 0.15) is 0 Å². The van der Waals surface area contributed by atoms with E-state index in [0.29, 0.717) is 0 Å². The summed E-state index contributed by atoms with van der Waals surface area (Å²) in [7, 11) is 0.